The molecule has 2 fully saturated rings. The molecule has 0 bridgehead atoms. The molecule has 27 heavy (non-hydrogen) atoms. The molecular formula is C19H35Cl2N5O. The molecule has 2 unspecified atom stereocenters. The molecule has 2 aliphatic rings. The second kappa shape index (κ2) is 10.1. The topological polar surface area (TPSA) is 62.2 Å². The SMILES string of the molecule is CC1CCCC(CNC(=O)[C@H]2CNC[C@@H]2c2cnn(C)c2)(N(C)C)C1.Cl.Cl. The maximum Gasteiger partial charge on any atom is 0.225 e. The summed E-state index contributed by atoms with van der Waals surface area (Å²) in [5, 5.41) is 10.9. The molecule has 0 radical (unpaired) electrons. The van der Waals surface area contributed by atoms with Crippen LogP contribution in [0.3, 0.4) is 0 Å². The minimum absolute atomic E-state index is 0. The highest BCUT2D eigenvalue weighted by Crippen LogP contribution is 2.35. The Bertz CT molecular complexity index is 609. The fraction of sp³-hybridized carbons (Fsp3) is 0.789. The Morgan fingerprint density at radius 3 is 2.74 bits per heavy atom. The van der Waals surface area contributed by atoms with Gasteiger partial charge in [0.15, 0.2) is 0 Å². The minimum Gasteiger partial charge on any atom is -0.354 e. The van der Waals surface area contributed by atoms with E-state index >= 15 is 0 Å². The molecule has 1 aromatic heterocycles. The van der Waals surface area contributed by atoms with Crippen LogP contribution in [0.1, 0.15) is 44.1 Å². The smallest absolute Gasteiger partial charge is 0.225 e. The number of carbonyl (C=O) groups is 1. The molecule has 2 heterocycles. The Morgan fingerprint density at radius 2 is 2.15 bits per heavy atom. The van der Waals surface area contributed by atoms with Crippen LogP contribution in [0.4, 0.5) is 0 Å². The Kier molecular flexibility index (Phi) is 9.06. The van der Waals surface area contributed by atoms with Crippen molar-refractivity contribution in [1.82, 2.24) is 25.3 Å². The summed E-state index contributed by atoms with van der Waals surface area (Å²) in [6.45, 7) is 4.67. The summed E-state index contributed by atoms with van der Waals surface area (Å²) in [4.78, 5) is 15.3. The monoisotopic (exact) mass is 419 g/mol. The van der Waals surface area contributed by atoms with E-state index in [-0.39, 0.29) is 48.1 Å². The van der Waals surface area contributed by atoms with E-state index in [2.05, 4.69) is 41.7 Å². The Morgan fingerprint density at radius 1 is 1.41 bits per heavy atom. The lowest BCUT2D eigenvalue weighted by molar-refractivity contribution is -0.125. The first-order valence-corrected chi connectivity index (χ1v) is 9.56. The fourth-order valence-corrected chi connectivity index (χ4v) is 4.68. The molecule has 1 aromatic rings. The average molecular weight is 420 g/mol. The first-order valence-electron chi connectivity index (χ1n) is 9.56. The molecule has 1 amide bonds. The van der Waals surface area contributed by atoms with Crippen molar-refractivity contribution in [3.63, 3.8) is 0 Å². The van der Waals surface area contributed by atoms with Crippen LogP contribution in [0.15, 0.2) is 12.4 Å². The maximum absolute atomic E-state index is 12.9. The number of carbonyl (C=O) groups excluding carboxylic acids is 1. The zero-order chi connectivity index (χ0) is 18.0. The standard InChI is InChI=1S/C19H33N5O.2ClH/c1-14-6-5-7-19(8-14,23(2)3)13-21-18(25)17-11-20-10-16(17)15-9-22-24(4)12-15;;/h9,12,14,16-17,20H,5-8,10-11,13H2,1-4H3,(H,21,25);2*1H/t14?,16-,17+,19?;;/m1../s1. The number of nitrogens with one attached hydrogen (secondary N) is 2. The van der Waals surface area contributed by atoms with Gasteiger partial charge in [0, 0.05) is 44.3 Å². The molecule has 4 atom stereocenters. The van der Waals surface area contributed by atoms with Crippen LogP contribution in [-0.4, -0.2) is 59.9 Å². The predicted molar refractivity (Wildman–Crippen MR) is 114 cm³/mol. The van der Waals surface area contributed by atoms with Crippen LogP contribution in [-0.2, 0) is 11.8 Å². The molecule has 2 N–H and O–H groups in total. The summed E-state index contributed by atoms with van der Waals surface area (Å²) in [6.07, 6.45) is 8.80. The number of halogens is 2. The maximum atomic E-state index is 12.9. The average Bonchev–Trinajstić information content (AvgIpc) is 3.21. The number of nitrogens with zero attached hydrogens (tertiary/aromatic N) is 3. The van der Waals surface area contributed by atoms with E-state index < -0.39 is 0 Å². The van der Waals surface area contributed by atoms with Crippen LogP contribution in [0.5, 0.6) is 0 Å². The lowest BCUT2D eigenvalue weighted by Crippen LogP contribution is -2.55. The van der Waals surface area contributed by atoms with Crippen molar-refractivity contribution in [2.45, 2.75) is 44.1 Å². The van der Waals surface area contributed by atoms with Gasteiger partial charge in [0.1, 0.15) is 0 Å². The van der Waals surface area contributed by atoms with Gasteiger partial charge in [-0.25, -0.2) is 0 Å². The van der Waals surface area contributed by atoms with E-state index in [0.29, 0.717) is 0 Å². The van der Waals surface area contributed by atoms with E-state index in [1.165, 1.54) is 19.3 Å². The second-order valence-corrected chi connectivity index (χ2v) is 8.36. The van der Waals surface area contributed by atoms with Crippen LogP contribution in [0.25, 0.3) is 0 Å². The molecular weight excluding hydrogens is 385 g/mol. The minimum atomic E-state index is -0.00979. The number of aryl methyl sites for hydroxylation is 1. The number of aromatic nitrogens is 2. The van der Waals surface area contributed by atoms with E-state index in [1.54, 1.807) is 0 Å². The quantitative estimate of drug-likeness (QED) is 0.767. The summed E-state index contributed by atoms with van der Waals surface area (Å²) in [7, 11) is 6.23. The van der Waals surface area contributed by atoms with Gasteiger partial charge in [0.05, 0.1) is 12.1 Å². The summed E-state index contributed by atoms with van der Waals surface area (Å²) < 4.78 is 1.81. The third-order valence-electron chi connectivity index (χ3n) is 6.31. The number of rotatable bonds is 5. The van der Waals surface area contributed by atoms with E-state index in [4.69, 9.17) is 0 Å². The van der Waals surface area contributed by atoms with Crippen molar-refractivity contribution < 1.29 is 4.79 Å². The Hall–Kier alpha value is -0.820. The van der Waals surface area contributed by atoms with Crippen LogP contribution in [0.2, 0.25) is 0 Å². The van der Waals surface area contributed by atoms with Crippen molar-refractivity contribution in [1.29, 1.82) is 0 Å². The Balaban J connectivity index is 0.00000182. The normalized spacial score (nSPS) is 30.5. The number of hydrogen-bond donors (Lipinski definition) is 2. The van der Waals surface area contributed by atoms with Crippen molar-refractivity contribution in [2.75, 3.05) is 33.7 Å². The highest BCUT2D eigenvalue weighted by atomic mass is 35.5. The molecule has 156 valence electrons. The van der Waals surface area contributed by atoms with Crippen molar-refractivity contribution in [3.05, 3.63) is 18.0 Å². The van der Waals surface area contributed by atoms with E-state index in [1.807, 2.05) is 24.1 Å². The van der Waals surface area contributed by atoms with Crippen molar-refractivity contribution >= 4 is 30.7 Å². The molecule has 6 nitrogen and oxygen atoms in total. The molecule has 0 spiro atoms. The van der Waals surface area contributed by atoms with Gasteiger partial charge in [-0.3, -0.25) is 9.48 Å². The fourth-order valence-electron chi connectivity index (χ4n) is 4.68. The van der Waals surface area contributed by atoms with E-state index in [9.17, 15) is 4.79 Å². The molecule has 8 heteroatoms. The molecule has 0 aromatic carbocycles. The number of hydrogen-bond acceptors (Lipinski definition) is 4. The zero-order valence-electron chi connectivity index (χ0n) is 16.9. The predicted octanol–water partition coefficient (Wildman–Crippen LogP) is 2.19. The van der Waals surface area contributed by atoms with Gasteiger partial charge in [0.25, 0.3) is 0 Å². The first kappa shape index (κ1) is 24.2. The van der Waals surface area contributed by atoms with Gasteiger partial charge in [-0.05, 0) is 38.4 Å². The Labute approximate surface area is 175 Å². The highest BCUT2D eigenvalue weighted by Gasteiger charge is 2.39. The van der Waals surface area contributed by atoms with Gasteiger partial charge < -0.3 is 15.5 Å². The van der Waals surface area contributed by atoms with Crippen LogP contribution >= 0.6 is 24.8 Å². The second-order valence-electron chi connectivity index (χ2n) is 8.36. The lowest BCUT2D eigenvalue weighted by atomic mass is 9.75. The molecule has 1 saturated carbocycles. The number of amides is 1. The lowest BCUT2D eigenvalue weighted by Gasteiger charge is -2.45. The van der Waals surface area contributed by atoms with Crippen LogP contribution < -0.4 is 10.6 Å². The van der Waals surface area contributed by atoms with Gasteiger partial charge in [-0.15, -0.1) is 24.8 Å². The van der Waals surface area contributed by atoms with E-state index in [0.717, 1.165) is 37.5 Å². The van der Waals surface area contributed by atoms with Crippen LogP contribution in [0, 0.1) is 11.8 Å². The van der Waals surface area contributed by atoms with Gasteiger partial charge in [0.2, 0.25) is 5.91 Å². The van der Waals surface area contributed by atoms with Gasteiger partial charge in [-0.2, -0.15) is 5.10 Å². The molecule has 1 aliphatic carbocycles. The van der Waals surface area contributed by atoms with Gasteiger partial charge >= 0.3 is 0 Å². The third-order valence-corrected chi connectivity index (χ3v) is 6.31. The van der Waals surface area contributed by atoms with Crippen molar-refractivity contribution in [3.8, 4) is 0 Å². The molecule has 3 rings (SSSR count). The molecule has 1 aliphatic heterocycles. The first-order chi connectivity index (χ1) is 11.9. The zero-order valence-corrected chi connectivity index (χ0v) is 18.5. The highest BCUT2D eigenvalue weighted by molar-refractivity contribution is 5.85. The third kappa shape index (κ3) is 5.37. The molecule has 1 saturated heterocycles. The summed E-state index contributed by atoms with van der Waals surface area (Å²) >= 11 is 0. The largest absolute Gasteiger partial charge is 0.354 e. The summed E-state index contributed by atoms with van der Waals surface area (Å²) in [5.74, 6) is 1.11. The van der Waals surface area contributed by atoms with Crippen molar-refractivity contribution in [2.24, 2.45) is 18.9 Å². The van der Waals surface area contributed by atoms with Gasteiger partial charge in [-0.1, -0.05) is 19.8 Å². The summed E-state index contributed by atoms with van der Waals surface area (Å²) in [6, 6.07) is 0. The summed E-state index contributed by atoms with van der Waals surface area (Å²) in [5.41, 5.74) is 1.25. The number of likely N-dealkylation sites (N-methyl/N-ethyl adjacent to an activating group) is 1.